The van der Waals surface area contributed by atoms with Gasteiger partial charge in [-0.25, -0.2) is 0 Å². The van der Waals surface area contributed by atoms with E-state index in [1.807, 2.05) is 25.2 Å². The summed E-state index contributed by atoms with van der Waals surface area (Å²) >= 11 is 3.59. The summed E-state index contributed by atoms with van der Waals surface area (Å²) in [4.78, 5) is 18.4. The predicted octanol–water partition coefficient (Wildman–Crippen LogP) is 3.52. The maximum absolute atomic E-state index is 11.7. The van der Waals surface area contributed by atoms with Crippen molar-refractivity contribution in [3.8, 4) is 0 Å². The zero-order chi connectivity index (χ0) is 17.4. The first-order chi connectivity index (χ1) is 11.6. The minimum absolute atomic E-state index is 0. The first kappa shape index (κ1) is 22.2. The maximum atomic E-state index is 11.7. The van der Waals surface area contributed by atoms with Crippen molar-refractivity contribution in [2.24, 2.45) is 4.99 Å². The summed E-state index contributed by atoms with van der Waals surface area (Å²) in [5, 5.41) is 6.32. The van der Waals surface area contributed by atoms with Crippen LogP contribution < -0.4 is 10.6 Å². The number of rotatable bonds is 8. The lowest BCUT2D eigenvalue weighted by Crippen LogP contribution is -2.38. The van der Waals surface area contributed by atoms with E-state index in [0.29, 0.717) is 19.0 Å². The molecule has 0 aromatic heterocycles. The van der Waals surface area contributed by atoms with Gasteiger partial charge in [-0.15, -0.1) is 24.0 Å². The number of nitrogens with one attached hydrogen (secondary N) is 2. The molecule has 0 saturated heterocycles. The lowest BCUT2D eigenvalue weighted by atomic mass is 10.2. The SMILES string of the molecule is CCNC(=NCCCC(=O)NC1CC1)N(C)Cc1ccccc1Br.I. The normalized spacial score (nSPS) is 13.8. The van der Waals surface area contributed by atoms with Crippen molar-refractivity contribution < 1.29 is 4.79 Å². The molecule has 1 aromatic carbocycles. The number of benzene rings is 1. The minimum atomic E-state index is 0. The van der Waals surface area contributed by atoms with E-state index in [0.717, 1.165) is 42.8 Å². The highest BCUT2D eigenvalue weighted by Crippen LogP contribution is 2.19. The van der Waals surface area contributed by atoms with Gasteiger partial charge < -0.3 is 15.5 Å². The van der Waals surface area contributed by atoms with Gasteiger partial charge in [0.15, 0.2) is 5.96 Å². The van der Waals surface area contributed by atoms with Crippen molar-refractivity contribution >= 4 is 51.8 Å². The first-order valence-corrected chi connectivity index (χ1v) is 9.41. The molecule has 1 fully saturated rings. The summed E-state index contributed by atoms with van der Waals surface area (Å²) in [6.45, 7) is 4.31. The van der Waals surface area contributed by atoms with Gasteiger partial charge in [-0.05, 0) is 37.8 Å². The molecule has 0 bridgehead atoms. The van der Waals surface area contributed by atoms with Crippen LogP contribution in [0, 0.1) is 0 Å². The van der Waals surface area contributed by atoms with Crippen molar-refractivity contribution in [1.29, 1.82) is 0 Å². The molecule has 7 heteroatoms. The third kappa shape index (κ3) is 8.40. The molecule has 1 aromatic rings. The largest absolute Gasteiger partial charge is 0.357 e. The highest BCUT2D eigenvalue weighted by Gasteiger charge is 2.22. The molecule has 1 aliphatic rings. The van der Waals surface area contributed by atoms with Gasteiger partial charge >= 0.3 is 0 Å². The first-order valence-electron chi connectivity index (χ1n) is 8.62. The molecule has 2 rings (SSSR count). The van der Waals surface area contributed by atoms with Gasteiger partial charge in [-0.3, -0.25) is 9.79 Å². The molecule has 0 heterocycles. The lowest BCUT2D eigenvalue weighted by Gasteiger charge is -2.22. The molecule has 0 radical (unpaired) electrons. The van der Waals surface area contributed by atoms with E-state index in [-0.39, 0.29) is 29.9 Å². The quantitative estimate of drug-likeness (QED) is 0.238. The van der Waals surface area contributed by atoms with E-state index in [2.05, 4.69) is 49.4 Å². The summed E-state index contributed by atoms with van der Waals surface area (Å²) in [6, 6.07) is 8.64. The second-order valence-corrected chi connectivity index (χ2v) is 6.98. The maximum Gasteiger partial charge on any atom is 0.220 e. The Balaban J connectivity index is 0.00000312. The van der Waals surface area contributed by atoms with Crippen LogP contribution in [-0.4, -0.2) is 42.9 Å². The van der Waals surface area contributed by atoms with Crippen LogP contribution in [0.2, 0.25) is 0 Å². The summed E-state index contributed by atoms with van der Waals surface area (Å²) in [6.07, 6.45) is 3.59. The number of amides is 1. The van der Waals surface area contributed by atoms with Crippen molar-refractivity contribution in [1.82, 2.24) is 15.5 Å². The summed E-state index contributed by atoms with van der Waals surface area (Å²) in [7, 11) is 2.03. The number of carbonyl (C=O) groups excluding carboxylic acids is 1. The Kier molecular flexibility index (Phi) is 10.4. The number of carbonyl (C=O) groups is 1. The van der Waals surface area contributed by atoms with E-state index in [9.17, 15) is 4.79 Å². The molecular formula is C18H28BrIN4O. The van der Waals surface area contributed by atoms with Gasteiger partial charge in [0.05, 0.1) is 0 Å². The minimum Gasteiger partial charge on any atom is -0.357 e. The fraction of sp³-hybridized carbons (Fsp3) is 0.556. The van der Waals surface area contributed by atoms with Gasteiger partial charge in [-0.2, -0.15) is 0 Å². The van der Waals surface area contributed by atoms with E-state index < -0.39 is 0 Å². The van der Waals surface area contributed by atoms with Gasteiger partial charge in [0.25, 0.3) is 0 Å². The Labute approximate surface area is 176 Å². The topological polar surface area (TPSA) is 56.7 Å². The summed E-state index contributed by atoms with van der Waals surface area (Å²) in [5.41, 5.74) is 1.22. The van der Waals surface area contributed by atoms with Gasteiger partial charge in [0.1, 0.15) is 0 Å². The Hall–Kier alpha value is -0.830. The summed E-state index contributed by atoms with van der Waals surface area (Å²) in [5.74, 6) is 1.02. The van der Waals surface area contributed by atoms with Crippen molar-refractivity contribution in [3.05, 3.63) is 34.3 Å². The molecule has 0 spiro atoms. The highest BCUT2D eigenvalue weighted by atomic mass is 127. The van der Waals surface area contributed by atoms with Crippen molar-refractivity contribution in [2.75, 3.05) is 20.1 Å². The molecule has 0 atom stereocenters. The van der Waals surface area contributed by atoms with Crippen LogP contribution in [0.4, 0.5) is 0 Å². The lowest BCUT2D eigenvalue weighted by molar-refractivity contribution is -0.121. The number of hydrogen-bond acceptors (Lipinski definition) is 2. The van der Waals surface area contributed by atoms with E-state index in [1.54, 1.807) is 0 Å². The zero-order valence-electron chi connectivity index (χ0n) is 14.9. The van der Waals surface area contributed by atoms with Crippen LogP contribution >= 0.6 is 39.9 Å². The van der Waals surface area contributed by atoms with Gasteiger partial charge in [0, 0.05) is 43.6 Å². The fourth-order valence-corrected chi connectivity index (χ4v) is 2.79. The molecule has 1 aliphatic carbocycles. The molecule has 0 unspecified atom stereocenters. The average Bonchev–Trinajstić information content (AvgIpc) is 3.36. The molecule has 140 valence electrons. The second kappa shape index (κ2) is 11.7. The number of aliphatic imine (C=N–C) groups is 1. The van der Waals surface area contributed by atoms with Crippen LogP contribution in [-0.2, 0) is 11.3 Å². The standard InChI is InChI=1S/C18H27BrN4O.HI/c1-3-20-18(21-12-6-9-17(24)22-15-10-11-15)23(2)13-14-7-4-5-8-16(14)19;/h4-5,7-8,15H,3,6,9-13H2,1-2H3,(H,20,21)(H,22,24);1H. The molecular weight excluding hydrogens is 495 g/mol. The molecule has 1 amide bonds. The molecule has 25 heavy (non-hydrogen) atoms. The summed E-state index contributed by atoms with van der Waals surface area (Å²) < 4.78 is 1.10. The third-order valence-corrected chi connectivity index (χ3v) is 4.60. The van der Waals surface area contributed by atoms with Crippen LogP contribution in [0.3, 0.4) is 0 Å². The van der Waals surface area contributed by atoms with E-state index >= 15 is 0 Å². The third-order valence-electron chi connectivity index (χ3n) is 3.83. The number of halogens is 2. The van der Waals surface area contributed by atoms with Gasteiger partial charge in [0.2, 0.25) is 5.91 Å². The Morgan fingerprint density at radius 2 is 2.08 bits per heavy atom. The van der Waals surface area contributed by atoms with Crippen molar-refractivity contribution in [3.63, 3.8) is 0 Å². The smallest absolute Gasteiger partial charge is 0.220 e. The molecule has 5 nitrogen and oxygen atoms in total. The van der Waals surface area contributed by atoms with Gasteiger partial charge in [-0.1, -0.05) is 34.1 Å². The molecule has 0 aliphatic heterocycles. The van der Waals surface area contributed by atoms with Crippen LogP contribution in [0.25, 0.3) is 0 Å². The number of guanidine groups is 1. The second-order valence-electron chi connectivity index (χ2n) is 6.13. The average molecular weight is 523 g/mol. The Morgan fingerprint density at radius 1 is 1.36 bits per heavy atom. The predicted molar refractivity (Wildman–Crippen MR) is 117 cm³/mol. The van der Waals surface area contributed by atoms with E-state index in [4.69, 9.17) is 0 Å². The van der Waals surface area contributed by atoms with Crippen LogP contribution in [0.15, 0.2) is 33.7 Å². The highest BCUT2D eigenvalue weighted by molar-refractivity contribution is 14.0. The van der Waals surface area contributed by atoms with E-state index in [1.165, 1.54) is 5.56 Å². The number of hydrogen-bond donors (Lipinski definition) is 2. The zero-order valence-corrected chi connectivity index (χ0v) is 18.8. The monoisotopic (exact) mass is 522 g/mol. The van der Waals surface area contributed by atoms with Crippen LogP contribution in [0.5, 0.6) is 0 Å². The van der Waals surface area contributed by atoms with Crippen molar-refractivity contribution in [2.45, 2.75) is 45.2 Å². The van der Waals surface area contributed by atoms with Crippen LogP contribution in [0.1, 0.15) is 38.2 Å². The fourth-order valence-electron chi connectivity index (χ4n) is 2.38. The number of nitrogens with zero attached hydrogens (tertiary/aromatic N) is 2. The molecule has 1 saturated carbocycles. The Bertz CT molecular complexity index is 578. The Morgan fingerprint density at radius 3 is 2.72 bits per heavy atom. The molecule has 2 N–H and O–H groups in total.